The van der Waals surface area contributed by atoms with Crippen LogP contribution in [0.15, 0.2) is 24.3 Å². The molecule has 2 rings (SSSR count). The molecule has 1 heterocycles. The number of hydrogen-bond acceptors (Lipinski definition) is 6. The maximum absolute atomic E-state index is 11.1. The first-order valence-corrected chi connectivity index (χ1v) is 6.14. The second-order valence-corrected chi connectivity index (χ2v) is 4.80. The van der Waals surface area contributed by atoms with E-state index in [9.17, 15) is 4.79 Å². The van der Waals surface area contributed by atoms with Gasteiger partial charge in [0.1, 0.15) is 5.01 Å². The molecule has 0 spiro atoms. The lowest BCUT2D eigenvalue weighted by atomic mass is 10.2. The molecular formula is C11H13N5OS. The van der Waals surface area contributed by atoms with Crippen molar-refractivity contribution in [1.29, 1.82) is 0 Å². The number of amides is 1. The van der Waals surface area contributed by atoms with E-state index in [0.717, 1.165) is 11.3 Å². The summed E-state index contributed by atoms with van der Waals surface area (Å²) < 4.78 is 0. The zero-order valence-electron chi connectivity index (χ0n) is 9.80. The zero-order valence-corrected chi connectivity index (χ0v) is 10.6. The molecule has 0 radical (unpaired) electrons. The summed E-state index contributed by atoms with van der Waals surface area (Å²) in [7, 11) is 0. The molecule has 0 bridgehead atoms. The highest BCUT2D eigenvalue weighted by atomic mass is 32.1. The zero-order chi connectivity index (χ0) is 13.0. The van der Waals surface area contributed by atoms with Crippen LogP contribution in [-0.2, 0) is 11.2 Å². The predicted molar refractivity (Wildman–Crippen MR) is 70.4 cm³/mol. The third kappa shape index (κ3) is 3.25. The summed E-state index contributed by atoms with van der Waals surface area (Å²) in [5.41, 5.74) is 4.16. The average Bonchev–Trinajstić information content (AvgIpc) is 2.76. The lowest BCUT2D eigenvalue weighted by molar-refractivity contribution is -0.120. The summed E-state index contributed by atoms with van der Waals surface area (Å²) in [6.07, 6.45) is 0.143. The number of nitrogens with one attached hydrogen (secondary N) is 2. The molecule has 0 aliphatic heterocycles. The molecule has 0 saturated heterocycles. The highest BCUT2D eigenvalue weighted by Crippen LogP contribution is 2.21. The summed E-state index contributed by atoms with van der Waals surface area (Å²) in [6.45, 7) is 2.02. The van der Waals surface area contributed by atoms with E-state index in [-0.39, 0.29) is 12.3 Å². The minimum atomic E-state index is -0.284. The van der Waals surface area contributed by atoms with E-state index in [1.807, 2.05) is 31.2 Å². The van der Waals surface area contributed by atoms with Gasteiger partial charge in [0.15, 0.2) is 0 Å². The van der Waals surface area contributed by atoms with Crippen molar-refractivity contribution in [2.75, 3.05) is 5.32 Å². The second-order valence-electron chi connectivity index (χ2n) is 3.74. The summed E-state index contributed by atoms with van der Waals surface area (Å²) >= 11 is 1.33. The monoisotopic (exact) mass is 263 g/mol. The fraction of sp³-hybridized carbons (Fsp3) is 0.182. The molecule has 0 atom stereocenters. The first kappa shape index (κ1) is 12.5. The van der Waals surface area contributed by atoms with Gasteiger partial charge in [0.2, 0.25) is 11.0 Å². The average molecular weight is 263 g/mol. The Morgan fingerprint density at radius 2 is 2.28 bits per heavy atom. The third-order valence-corrected chi connectivity index (χ3v) is 3.05. The van der Waals surface area contributed by atoms with Crippen LogP contribution in [0.1, 0.15) is 10.6 Å². The molecule has 0 saturated carbocycles. The van der Waals surface area contributed by atoms with E-state index in [0.29, 0.717) is 10.1 Å². The summed E-state index contributed by atoms with van der Waals surface area (Å²) in [5, 5.41) is 12.3. The molecule has 0 unspecified atom stereocenters. The Morgan fingerprint density at radius 3 is 3.00 bits per heavy atom. The van der Waals surface area contributed by atoms with Crippen LogP contribution in [0.4, 0.5) is 10.8 Å². The van der Waals surface area contributed by atoms with Gasteiger partial charge < -0.3 is 5.32 Å². The first-order chi connectivity index (χ1) is 8.67. The number of hydrogen-bond donors (Lipinski definition) is 3. The van der Waals surface area contributed by atoms with Gasteiger partial charge in [0.05, 0.1) is 6.42 Å². The molecule has 1 aromatic carbocycles. The molecule has 18 heavy (non-hydrogen) atoms. The van der Waals surface area contributed by atoms with Crippen LogP contribution in [0.5, 0.6) is 0 Å². The van der Waals surface area contributed by atoms with Gasteiger partial charge in [-0.15, -0.1) is 10.2 Å². The van der Waals surface area contributed by atoms with E-state index in [1.165, 1.54) is 11.3 Å². The Balaban J connectivity index is 2.04. The van der Waals surface area contributed by atoms with Crippen LogP contribution in [0.3, 0.4) is 0 Å². The van der Waals surface area contributed by atoms with Crippen molar-refractivity contribution < 1.29 is 4.79 Å². The molecule has 0 aliphatic carbocycles. The summed E-state index contributed by atoms with van der Waals surface area (Å²) in [4.78, 5) is 11.1. The fourth-order valence-corrected chi connectivity index (χ4v) is 2.17. The quantitative estimate of drug-likeness (QED) is 0.437. The summed E-state index contributed by atoms with van der Waals surface area (Å²) in [5.74, 6) is 4.72. The maximum atomic E-state index is 11.1. The molecule has 1 aromatic heterocycles. The number of hydrazine groups is 1. The predicted octanol–water partition coefficient (Wildman–Crippen LogP) is 1.12. The van der Waals surface area contributed by atoms with Gasteiger partial charge in [-0.3, -0.25) is 10.2 Å². The van der Waals surface area contributed by atoms with Crippen molar-refractivity contribution in [1.82, 2.24) is 15.6 Å². The molecule has 4 N–H and O–H groups in total. The van der Waals surface area contributed by atoms with E-state index in [4.69, 9.17) is 5.84 Å². The molecule has 6 nitrogen and oxygen atoms in total. The van der Waals surface area contributed by atoms with Gasteiger partial charge in [-0.1, -0.05) is 23.5 Å². The van der Waals surface area contributed by atoms with Gasteiger partial charge in [0, 0.05) is 5.69 Å². The molecule has 7 heteroatoms. The number of nitrogens with zero attached hydrogens (tertiary/aromatic N) is 2. The fourth-order valence-electron chi connectivity index (χ4n) is 1.41. The normalized spacial score (nSPS) is 10.1. The van der Waals surface area contributed by atoms with Crippen molar-refractivity contribution in [2.45, 2.75) is 13.3 Å². The Hall–Kier alpha value is -1.99. The van der Waals surface area contributed by atoms with Crippen LogP contribution >= 0.6 is 11.3 Å². The molecular weight excluding hydrogens is 250 g/mol. The number of aryl methyl sites for hydroxylation is 1. The largest absolute Gasteiger partial charge is 0.330 e. The highest BCUT2D eigenvalue weighted by Gasteiger charge is 2.08. The number of anilines is 2. The number of benzene rings is 1. The van der Waals surface area contributed by atoms with Crippen molar-refractivity contribution in [3.8, 4) is 0 Å². The van der Waals surface area contributed by atoms with Gasteiger partial charge in [-0.25, -0.2) is 5.84 Å². The van der Waals surface area contributed by atoms with Crippen LogP contribution in [-0.4, -0.2) is 16.1 Å². The molecule has 2 aromatic rings. The van der Waals surface area contributed by atoms with Gasteiger partial charge in [0.25, 0.3) is 0 Å². The first-order valence-electron chi connectivity index (χ1n) is 5.33. The van der Waals surface area contributed by atoms with Gasteiger partial charge >= 0.3 is 0 Å². The Bertz CT molecular complexity index is 554. The molecule has 0 aliphatic rings. The molecule has 0 fully saturated rings. The SMILES string of the molecule is Cc1cccc(Nc2nnc(CC(=O)NN)s2)c1. The molecule has 94 valence electrons. The number of aromatic nitrogens is 2. The topological polar surface area (TPSA) is 92.9 Å². The van der Waals surface area contributed by atoms with Crippen LogP contribution < -0.4 is 16.6 Å². The highest BCUT2D eigenvalue weighted by molar-refractivity contribution is 7.15. The van der Waals surface area contributed by atoms with Crippen molar-refractivity contribution in [2.24, 2.45) is 5.84 Å². The Morgan fingerprint density at radius 1 is 1.44 bits per heavy atom. The van der Waals surface area contributed by atoms with E-state index >= 15 is 0 Å². The van der Waals surface area contributed by atoms with Crippen LogP contribution in [0.2, 0.25) is 0 Å². The summed E-state index contributed by atoms with van der Waals surface area (Å²) in [6, 6.07) is 7.93. The van der Waals surface area contributed by atoms with E-state index < -0.39 is 0 Å². The lowest BCUT2D eigenvalue weighted by Gasteiger charge is -2.01. The second kappa shape index (κ2) is 5.56. The standard InChI is InChI=1S/C11H13N5OS/c1-7-3-2-4-8(5-7)13-11-16-15-10(18-11)6-9(17)14-12/h2-5H,6,12H2,1H3,(H,13,16)(H,14,17). The van der Waals surface area contributed by atoms with E-state index in [2.05, 4.69) is 20.9 Å². The minimum Gasteiger partial charge on any atom is -0.330 e. The van der Waals surface area contributed by atoms with Crippen molar-refractivity contribution in [3.63, 3.8) is 0 Å². The van der Waals surface area contributed by atoms with E-state index in [1.54, 1.807) is 0 Å². The number of carbonyl (C=O) groups excluding carboxylic acids is 1. The number of rotatable bonds is 4. The number of nitrogens with two attached hydrogens (primary N) is 1. The minimum absolute atomic E-state index is 0.143. The van der Waals surface area contributed by atoms with Crippen LogP contribution in [0.25, 0.3) is 0 Å². The third-order valence-electron chi connectivity index (χ3n) is 2.21. The lowest BCUT2D eigenvalue weighted by Crippen LogP contribution is -2.31. The number of carbonyl (C=O) groups is 1. The molecule has 1 amide bonds. The van der Waals surface area contributed by atoms with Crippen LogP contribution in [0, 0.1) is 6.92 Å². The smallest absolute Gasteiger partial charge is 0.240 e. The van der Waals surface area contributed by atoms with Crippen molar-refractivity contribution in [3.05, 3.63) is 34.8 Å². The Labute approximate surface area is 108 Å². The van der Waals surface area contributed by atoms with Gasteiger partial charge in [-0.2, -0.15) is 0 Å². The van der Waals surface area contributed by atoms with Crippen molar-refractivity contribution >= 4 is 28.1 Å². The maximum Gasteiger partial charge on any atom is 0.240 e. The van der Waals surface area contributed by atoms with Gasteiger partial charge in [-0.05, 0) is 24.6 Å². The Kier molecular flexibility index (Phi) is 3.85.